The third-order valence-electron chi connectivity index (χ3n) is 4.76. The minimum absolute atomic E-state index is 0.170. The lowest BCUT2D eigenvalue weighted by Crippen LogP contribution is -2.47. The molecule has 146 valence electrons. The van der Waals surface area contributed by atoms with Crippen molar-refractivity contribution in [2.45, 2.75) is 19.6 Å². The van der Waals surface area contributed by atoms with Gasteiger partial charge in [-0.2, -0.15) is 0 Å². The van der Waals surface area contributed by atoms with Crippen LogP contribution in [0.25, 0.3) is 10.8 Å². The molecule has 0 bridgehead atoms. The van der Waals surface area contributed by atoms with Gasteiger partial charge in [0.15, 0.2) is 0 Å². The minimum Gasteiger partial charge on any atom is -0.497 e. The monoisotopic (exact) mass is 382 g/mol. The maximum atomic E-state index is 12.5. The van der Waals surface area contributed by atoms with E-state index in [1.807, 2.05) is 30.3 Å². The molecule has 0 aliphatic carbocycles. The number of carbonyl (C=O) groups is 1. The van der Waals surface area contributed by atoms with Crippen LogP contribution in [0, 0.1) is 6.92 Å². The molecule has 1 aliphatic heterocycles. The van der Waals surface area contributed by atoms with Gasteiger partial charge >= 0.3 is 6.03 Å². The number of aryl methyl sites for hydroxylation is 1. The summed E-state index contributed by atoms with van der Waals surface area (Å²) < 4.78 is 16.5. The minimum atomic E-state index is -0.172. The molecule has 1 aliphatic rings. The smallest absolute Gasteiger partial charge is 0.318 e. The van der Waals surface area contributed by atoms with E-state index in [0.29, 0.717) is 31.5 Å². The predicted molar refractivity (Wildman–Crippen MR) is 102 cm³/mol. The largest absolute Gasteiger partial charge is 0.497 e. The Morgan fingerprint density at radius 2 is 2.07 bits per heavy atom. The fraction of sp³-hybridized carbons (Fsp3) is 0.350. The van der Waals surface area contributed by atoms with Gasteiger partial charge in [-0.25, -0.2) is 4.79 Å². The average Bonchev–Trinajstić information content (AvgIpc) is 3.16. The number of nitrogens with one attached hydrogen (secondary N) is 1. The van der Waals surface area contributed by atoms with Gasteiger partial charge in [-0.1, -0.05) is 18.2 Å². The van der Waals surface area contributed by atoms with Crippen LogP contribution < -0.4 is 10.1 Å². The van der Waals surface area contributed by atoms with E-state index in [4.69, 9.17) is 13.9 Å². The first kappa shape index (κ1) is 18.2. The van der Waals surface area contributed by atoms with Gasteiger partial charge in [0.25, 0.3) is 0 Å². The summed E-state index contributed by atoms with van der Waals surface area (Å²) in [6, 6.07) is 12.0. The maximum absolute atomic E-state index is 12.5. The number of hydrogen-bond donors (Lipinski definition) is 1. The Kier molecular flexibility index (Phi) is 5.12. The van der Waals surface area contributed by atoms with E-state index in [0.717, 1.165) is 22.1 Å². The zero-order chi connectivity index (χ0) is 19.5. The average molecular weight is 382 g/mol. The number of methoxy groups -OCH3 is 1. The molecule has 1 unspecified atom stereocenters. The van der Waals surface area contributed by atoms with Gasteiger partial charge in [0, 0.05) is 13.5 Å². The summed E-state index contributed by atoms with van der Waals surface area (Å²) >= 11 is 0. The number of carbonyl (C=O) groups excluding carboxylic acids is 1. The summed E-state index contributed by atoms with van der Waals surface area (Å²) in [5.74, 6) is 1.69. The van der Waals surface area contributed by atoms with Crippen LogP contribution in [-0.4, -0.2) is 47.9 Å². The molecule has 8 heteroatoms. The first-order chi connectivity index (χ1) is 13.6. The molecule has 0 saturated carbocycles. The number of hydrogen-bond acceptors (Lipinski definition) is 6. The fourth-order valence-electron chi connectivity index (χ4n) is 3.28. The van der Waals surface area contributed by atoms with Crippen LogP contribution in [0.15, 0.2) is 40.8 Å². The topological polar surface area (TPSA) is 89.7 Å². The van der Waals surface area contributed by atoms with E-state index >= 15 is 0 Å². The highest BCUT2D eigenvalue weighted by molar-refractivity contribution is 5.84. The lowest BCUT2D eigenvalue weighted by Gasteiger charge is -2.33. The standard InChI is InChI=1S/C20H22N4O4/c1-13-22-23-19(28-13)11-21-20(25)24-7-8-27-18(12-24)16-4-3-15-10-17(26-2)6-5-14(15)9-16/h3-6,9-10,18H,7-8,11-12H2,1-2H3,(H,21,25). The third-order valence-corrected chi connectivity index (χ3v) is 4.76. The van der Waals surface area contributed by atoms with Gasteiger partial charge in [-0.15, -0.1) is 10.2 Å². The van der Waals surface area contributed by atoms with Crippen molar-refractivity contribution in [3.05, 3.63) is 53.7 Å². The number of nitrogens with zero attached hydrogens (tertiary/aromatic N) is 3. The summed E-state index contributed by atoms with van der Waals surface area (Å²) in [7, 11) is 1.66. The van der Waals surface area contributed by atoms with Gasteiger partial charge in [0.05, 0.1) is 26.8 Å². The first-order valence-electron chi connectivity index (χ1n) is 9.13. The van der Waals surface area contributed by atoms with Crippen molar-refractivity contribution < 1.29 is 18.7 Å². The lowest BCUT2D eigenvalue weighted by atomic mass is 10.0. The molecule has 2 amide bonds. The van der Waals surface area contributed by atoms with E-state index in [-0.39, 0.29) is 18.7 Å². The highest BCUT2D eigenvalue weighted by Crippen LogP contribution is 2.27. The van der Waals surface area contributed by atoms with Crippen molar-refractivity contribution in [2.75, 3.05) is 26.8 Å². The summed E-state index contributed by atoms with van der Waals surface area (Å²) in [6.45, 7) is 3.43. The van der Waals surface area contributed by atoms with Crippen molar-refractivity contribution in [2.24, 2.45) is 0 Å². The van der Waals surface area contributed by atoms with Crippen molar-refractivity contribution >= 4 is 16.8 Å². The Morgan fingerprint density at radius 1 is 1.25 bits per heavy atom. The maximum Gasteiger partial charge on any atom is 0.318 e. The number of amides is 2. The Morgan fingerprint density at radius 3 is 2.86 bits per heavy atom. The molecular formula is C20H22N4O4. The van der Waals surface area contributed by atoms with E-state index in [2.05, 4.69) is 21.6 Å². The number of aromatic nitrogens is 2. The molecule has 3 aromatic rings. The van der Waals surface area contributed by atoms with Crippen LogP contribution in [0.5, 0.6) is 5.75 Å². The molecule has 1 fully saturated rings. The second kappa shape index (κ2) is 7.85. The Labute approximate surface area is 162 Å². The normalized spacial score (nSPS) is 16.9. The first-order valence-corrected chi connectivity index (χ1v) is 9.13. The SMILES string of the molecule is COc1ccc2cc(C3CN(C(=O)NCc4nnc(C)o4)CCO3)ccc2c1. The molecule has 2 heterocycles. The van der Waals surface area contributed by atoms with Crippen LogP contribution in [0.4, 0.5) is 4.79 Å². The van der Waals surface area contributed by atoms with Gasteiger partial charge in [-0.05, 0) is 34.5 Å². The number of rotatable bonds is 4. The number of benzene rings is 2. The third kappa shape index (κ3) is 3.91. The summed E-state index contributed by atoms with van der Waals surface area (Å²) in [5.41, 5.74) is 1.04. The molecule has 4 rings (SSSR count). The zero-order valence-electron chi connectivity index (χ0n) is 15.8. The zero-order valence-corrected chi connectivity index (χ0v) is 15.8. The van der Waals surface area contributed by atoms with E-state index in [9.17, 15) is 4.79 Å². The van der Waals surface area contributed by atoms with Crippen LogP contribution in [0.2, 0.25) is 0 Å². The number of morpholine rings is 1. The highest BCUT2D eigenvalue weighted by atomic mass is 16.5. The van der Waals surface area contributed by atoms with Crippen molar-refractivity contribution in [1.29, 1.82) is 0 Å². The Hall–Kier alpha value is -3.13. The molecule has 1 atom stereocenters. The predicted octanol–water partition coefficient (Wildman–Crippen LogP) is 2.82. The molecule has 2 aromatic carbocycles. The fourth-order valence-corrected chi connectivity index (χ4v) is 3.28. The molecular weight excluding hydrogens is 360 g/mol. The highest BCUT2D eigenvalue weighted by Gasteiger charge is 2.25. The van der Waals surface area contributed by atoms with Gasteiger partial charge in [0.1, 0.15) is 11.9 Å². The lowest BCUT2D eigenvalue weighted by molar-refractivity contribution is -0.0154. The number of fused-ring (bicyclic) bond motifs is 1. The van der Waals surface area contributed by atoms with E-state index in [1.165, 1.54) is 0 Å². The van der Waals surface area contributed by atoms with Crippen molar-refractivity contribution in [3.8, 4) is 5.75 Å². The van der Waals surface area contributed by atoms with Gasteiger partial charge in [0.2, 0.25) is 11.8 Å². The summed E-state index contributed by atoms with van der Waals surface area (Å²) in [6.07, 6.45) is -0.170. The van der Waals surface area contributed by atoms with Crippen molar-refractivity contribution in [1.82, 2.24) is 20.4 Å². The van der Waals surface area contributed by atoms with E-state index in [1.54, 1.807) is 18.9 Å². The number of ether oxygens (including phenoxy) is 2. The Balaban J connectivity index is 1.42. The molecule has 1 saturated heterocycles. The molecule has 1 aromatic heterocycles. The van der Waals surface area contributed by atoms with Gasteiger partial charge < -0.3 is 24.1 Å². The van der Waals surface area contributed by atoms with Crippen molar-refractivity contribution in [3.63, 3.8) is 0 Å². The quantitative estimate of drug-likeness (QED) is 0.746. The molecule has 28 heavy (non-hydrogen) atoms. The summed E-state index contributed by atoms with van der Waals surface area (Å²) in [4.78, 5) is 14.2. The molecule has 1 N–H and O–H groups in total. The molecule has 8 nitrogen and oxygen atoms in total. The van der Waals surface area contributed by atoms with Crippen LogP contribution in [-0.2, 0) is 11.3 Å². The second-order valence-corrected chi connectivity index (χ2v) is 6.65. The number of urea groups is 1. The summed E-state index contributed by atoms with van der Waals surface area (Å²) in [5, 5.41) is 12.7. The second-order valence-electron chi connectivity index (χ2n) is 6.65. The van der Waals surface area contributed by atoms with Crippen LogP contribution in [0.3, 0.4) is 0 Å². The molecule has 0 radical (unpaired) electrons. The van der Waals surface area contributed by atoms with Crippen LogP contribution >= 0.6 is 0 Å². The Bertz CT molecular complexity index is 987. The van der Waals surface area contributed by atoms with Crippen LogP contribution in [0.1, 0.15) is 23.4 Å². The molecule has 0 spiro atoms. The van der Waals surface area contributed by atoms with E-state index < -0.39 is 0 Å². The van der Waals surface area contributed by atoms with Gasteiger partial charge in [-0.3, -0.25) is 0 Å².